The minimum atomic E-state index is -0.998. The maximum absolute atomic E-state index is 10.2. The number of rotatable bonds is 2. The van der Waals surface area contributed by atoms with E-state index in [0.29, 0.717) is 0 Å². The fourth-order valence-corrected chi connectivity index (χ4v) is 0.299. The highest BCUT2D eigenvalue weighted by Crippen LogP contribution is 1.97. The highest BCUT2D eigenvalue weighted by Gasteiger charge is 2.08. The van der Waals surface area contributed by atoms with Gasteiger partial charge in [-0.1, -0.05) is 0 Å². The number of carboxylic acid groups (broad SMARTS) is 1. The van der Waals surface area contributed by atoms with Gasteiger partial charge in [0.05, 0.1) is 0 Å². The lowest BCUT2D eigenvalue weighted by atomic mass is 10.1. The predicted octanol–water partition coefficient (Wildman–Crippen LogP) is 0.835. The lowest BCUT2D eigenvalue weighted by Gasteiger charge is -2.17. The molecule has 64 valence electrons. The van der Waals surface area contributed by atoms with Gasteiger partial charge in [-0.3, -0.25) is 0 Å². The molecule has 11 heavy (non-hydrogen) atoms. The lowest BCUT2D eigenvalue weighted by Crippen LogP contribution is -2.32. The Kier molecular flexibility index (Phi) is 3.04. The Morgan fingerprint density at radius 2 is 1.91 bits per heavy atom. The molecule has 0 fully saturated rings. The van der Waals surface area contributed by atoms with E-state index in [2.05, 4.69) is 10.5 Å². The van der Waals surface area contributed by atoms with Crippen molar-refractivity contribution in [3.05, 3.63) is 0 Å². The van der Waals surface area contributed by atoms with Crippen LogP contribution < -0.4 is 5.43 Å². The highest BCUT2D eigenvalue weighted by atomic mass is 16.4. The van der Waals surface area contributed by atoms with Crippen LogP contribution in [0.2, 0.25) is 0 Å². The molecule has 0 unspecified atom stereocenters. The van der Waals surface area contributed by atoms with E-state index in [-0.39, 0.29) is 11.3 Å². The lowest BCUT2D eigenvalue weighted by molar-refractivity contribution is -0.129. The third-order valence-electron chi connectivity index (χ3n) is 0.869. The predicted molar refractivity (Wildman–Crippen MR) is 43.6 cm³/mol. The number of hydrazone groups is 1. The quantitative estimate of drug-likeness (QED) is 0.462. The Morgan fingerprint density at radius 1 is 1.45 bits per heavy atom. The van der Waals surface area contributed by atoms with Crippen LogP contribution in [0, 0.1) is 0 Å². The van der Waals surface area contributed by atoms with Crippen molar-refractivity contribution in [3.8, 4) is 0 Å². The normalized spacial score (nSPS) is 12.9. The number of hydrogen-bond donors (Lipinski definition) is 2. The summed E-state index contributed by atoms with van der Waals surface area (Å²) >= 11 is 0. The molecule has 0 aliphatic heterocycles. The molecule has 0 aliphatic carbocycles. The molecule has 0 aromatic carbocycles. The van der Waals surface area contributed by atoms with Crippen molar-refractivity contribution in [2.45, 2.75) is 33.2 Å². The second kappa shape index (κ2) is 3.37. The summed E-state index contributed by atoms with van der Waals surface area (Å²) < 4.78 is 0. The summed E-state index contributed by atoms with van der Waals surface area (Å²) in [6, 6.07) is 0. The Labute approximate surface area is 66.3 Å². The van der Waals surface area contributed by atoms with E-state index in [4.69, 9.17) is 5.11 Å². The molecule has 0 aromatic rings. The molecule has 0 rings (SSSR count). The molecule has 0 aliphatic rings. The molecule has 4 nitrogen and oxygen atoms in total. The van der Waals surface area contributed by atoms with Crippen molar-refractivity contribution in [2.24, 2.45) is 5.10 Å². The van der Waals surface area contributed by atoms with Crippen LogP contribution in [0.4, 0.5) is 0 Å². The van der Waals surface area contributed by atoms with Gasteiger partial charge >= 0.3 is 5.97 Å². The molecule has 4 heteroatoms. The number of nitrogens with zero attached hydrogens (tertiary/aromatic N) is 1. The molecule has 0 atom stereocenters. The van der Waals surface area contributed by atoms with E-state index < -0.39 is 5.97 Å². The van der Waals surface area contributed by atoms with Gasteiger partial charge in [0, 0.05) is 5.54 Å². The third kappa shape index (κ3) is 5.39. The van der Waals surface area contributed by atoms with E-state index in [1.807, 2.05) is 20.8 Å². The first-order chi connectivity index (χ1) is 4.83. The second-order valence-corrected chi connectivity index (χ2v) is 3.36. The molecule has 0 radical (unpaired) electrons. The van der Waals surface area contributed by atoms with Gasteiger partial charge < -0.3 is 10.5 Å². The average molecular weight is 158 g/mol. The van der Waals surface area contributed by atoms with Crippen LogP contribution in [0.5, 0.6) is 0 Å². The summed E-state index contributed by atoms with van der Waals surface area (Å²) in [5.41, 5.74) is 2.60. The van der Waals surface area contributed by atoms with Crippen molar-refractivity contribution >= 4 is 11.7 Å². The number of nitrogens with one attached hydrogen (secondary N) is 1. The minimum absolute atomic E-state index is 0.0694. The van der Waals surface area contributed by atoms with Crippen molar-refractivity contribution in [3.63, 3.8) is 0 Å². The maximum Gasteiger partial charge on any atom is 0.351 e. The standard InChI is InChI=1S/C7H14N2O2/c1-5(6(10)11)8-9-7(2,3)4/h9H,1-4H3,(H,10,11)/b8-5+. The van der Waals surface area contributed by atoms with Gasteiger partial charge in [-0.05, 0) is 27.7 Å². The smallest absolute Gasteiger partial charge is 0.351 e. The van der Waals surface area contributed by atoms with E-state index in [0.717, 1.165) is 0 Å². The monoisotopic (exact) mass is 158 g/mol. The molecule has 0 amide bonds. The molecule has 2 N–H and O–H groups in total. The van der Waals surface area contributed by atoms with Gasteiger partial charge in [0.1, 0.15) is 5.71 Å². The average Bonchev–Trinajstić information content (AvgIpc) is 1.80. The number of carbonyl (C=O) groups is 1. The molecule has 0 saturated heterocycles. The minimum Gasteiger partial charge on any atom is -0.477 e. The summed E-state index contributed by atoms with van der Waals surface area (Å²) in [6.45, 7) is 7.17. The fourth-order valence-electron chi connectivity index (χ4n) is 0.299. The summed E-state index contributed by atoms with van der Waals surface area (Å²) in [6.07, 6.45) is 0. The summed E-state index contributed by atoms with van der Waals surface area (Å²) in [5.74, 6) is -0.998. The fraction of sp³-hybridized carbons (Fsp3) is 0.714. The van der Waals surface area contributed by atoms with Crippen LogP contribution in [0.15, 0.2) is 5.10 Å². The Bertz CT molecular complexity index is 179. The van der Waals surface area contributed by atoms with Gasteiger partial charge in [-0.25, -0.2) is 4.79 Å². The van der Waals surface area contributed by atoms with E-state index in [9.17, 15) is 4.79 Å². The van der Waals surface area contributed by atoms with E-state index in [1.165, 1.54) is 6.92 Å². The highest BCUT2D eigenvalue weighted by molar-refractivity contribution is 6.34. The molecule has 0 spiro atoms. The zero-order valence-electron chi connectivity index (χ0n) is 7.30. The SMILES string of the molecule is C/C(=N\NC(C)(C)C)C(=O)O. The van der Waals surface area contributed by atoms with Crippen molar-refractivity contribution in [1.29, 1.82) is 0 Å². The van der Waals surface area contributed by atoms with Crippen LogP contribution >= 0.6 is 0 Å². The van der Waals surface area contributed by atoms with Crippen LogP contribution in [-0.2, 0) is 4.79 Å². The summed E-state index contributed by atoms with van der Waals surface area (Å²) in [5, 5.41) is 12.1. The molecule has 0 bridgehead atoms. The summed E-state index contributed by atoms with van der Waals surface area (Å²) in [4.78, 5) is 10.2. The van der Waals surface area contributed by atoms with E-state index in [1.54, 1.807) is 0 Å². The van der Waals surface area contributed by atoms with Gasteiger partial charge in [0.2, 0.25) is 0 Å². The van der Waals surface area contributed by atoms with Crippen LogP contribution in [0.3, 0.4) is 0 Å². The van der Waals surface area contributed by atoms with Crippen molar-refractivity contribution < 1.29 is 9.90 Å². The Balaban J connectivity index is 4.04. The van der Waals surface area contributed by atoms with Gasteiger partial charge in [-0.15, -0.1) is 0 Å². The molecule has 0 aromatic heterocycles. The third-order valence-corrected chi connectivity index (χ3v) is 0.869. The van der Waals surface area contributed by atoms with Gasteiger partial charge in [0.25, 0.3) is 0 Å². The van der Waals surface area contributed by atoms with Gasteiger partial charge in [-0.2, -0.15) is 5.10 Å². The largest absolute Gasteiger partial charge is 0.477 e. The molecular formula is C7H14N2O2. The number of hydrogen-bond acceptors (Lipinski definition) is 3. The zero-order chi connectivity index (χ0) is 9.07. The van der Waals surface area contributed by atoms with Gasteiger partial charge in [0.15, 0.2) is 0 Å². The maximum atomic E-state index is 10.2. The first-order valence-electron chi connectivity index (χ1n) is 3.37. The molecular weight excluding hydrogens is 144 g/mol. The van der Waals surface area contributed by atoms with Crippen LogP contribution in [-0.4, -0.2) is 22.3 Å². The Morgan fingerprint density at radius 3 is 2.18 bits per heavy atom. The summed E-state index contributed by atoms with van der Waals surface area (Å²) in [7, 11) is 0. The van der Waals surface area contributed by atoms with Crippen molar-refractivity contribution in [2.75, 3.05) is 0 Å². The molecule has 0 saturated carbocycles. The number of aliphatic carboxylic acids is 1. The molecule has 0 heterocycles. The van der Waals surface area contributed by atoms with Crippen molar-refractivity contribution in [1.82, 2.24) is 5.43 Å². The zero-order valence-corrected chi connectivity index (χ0v) is 7.30. The number of carboxylic acids is 1. The Hall–Kier alpha value is -1.06. The first-order valence-corrected chi connectivity index (χ1v) is 3.37. The van der Waals surface area contributed by atoms with Crippen LogP contribution in [0.1, 0.15) is 27.7 Å². The topological polar surface area (TPSA) is 61.7 Å². The first kappa shape index (κ1) is 9.94. The van der Waals surface area contributed by atoms with Crippen LogP contribution in [0.25, 0.3) is 0 Å². The van der Waals surface area contributed by atoms with E-state index >= 15 is 0 Å². The second-order valence-electron chi connectivity index (χ2n) is 3.36.